The Morgan fingerprint density at radius 1 is 1.25 bits per heavy atom. The zero-order chi connectivity index (χ0) is 20.6. The minimum absolute atomic E-state index is 0.177. The van der Waals surface area contributed by atoms with Crippen LogP contribution in [-0.4, -0.2) is 57.8 Å². The molecule has 1 aromatic rings. The Hall–Kier alpha value is -1.40. The van der Waals surface area contributed by atoms with Crippen LogP contribution < -0.4 is 10.6 Å². The summed E-state index contributed by atoms with van der Waals surface area (Å²) in [5, 5.41) is 6.91. The van der Waals surface area contributed by atoms with Crippen molar-refractivity contribution in [2.75, 3.05) is 31.9 Å². The number of rotatable bonds is 7. The lowest BCUT2D eigenvalue weighted by Gasteiger charge is -2.37. The molecule has 0 radical (unpaired) electrons. The standard InChI is InChI=1S/C22H38N4OS/c1-6-23-21(24-14-17-28(27)22(3,4)5)25-20-12-15-26(16-13-20)18(2)19-10-8-7-9-11-19/h7-11,18,20H,6,12-17H2,1-5H3,(H2,23,24,25). The fourth-order valence-corrected chi connectivity index (χ4v) is 4.30. The molecule has 28 heavy (non-hydrogen) atoms. The molecule has 6 heteroatoms. The lowest BCUT2D eigenvalue weighted by Crippen LogP contribution is -2.49. The zero-order valence-corrected chi connectivity index (χ0v) is 19.0. The van der Waals surface area contributed by atoms with Crippen molar-refractivity contribution in [3.8, 4) is 0 Å². The van der Waals surface area contributed by atoms with E-state index in [1.54, 1.807) is 0 Å². The molecule has 5 nitrogen and oxygen atoms in total. The number of nitrogens with zero attached hydrogens (tertiary/aromatic N) is 2. The molecule has 1 aliphatic rings. The number of nitrogens with one attached hydrogen (secondary N) is 2. The van der Waals surface area contributed by atoms with E-state index in [9.17, 15) is 4.21 Å². The van der Waals surface area contributed by atoms with Crippen LogP contribution in [-0.2, 0) is 10.8 Å². The zero-order valence-electron chi connectivity index (χ0n) is 18.2. The lowest BCUT2D eigenvalue weighted by atomic mass is 10.0. The molecule has 1 aromatic carbocycles. The Morgan fingerprint density at radius 2 is 1.89 bits per heavy atom. The first-order chi connectivity index (χ1) is 13.3. The van der Waals surface area contributed by atoms with Gasteiger partial charge in [-0.15, -0.1) is 0 Å². The SMILES string of the molecule is CCNC(=NCCS(=O)C(C)(C)C)NC1CCN(C(C)c2ccccc2)CC1. The van der Waals surface area contributed by atoms with Gasteiger partial charge in [0.15, 0.2) is 5.96 Å². The second-order valence-corrected chi connectivity index (χ2v) is 10.8. The average Bonchev–Trinajstić information content (AvgIpc) is 2.68. The maximum atomic E-state index is 12.2. The molecule has 0 bridgehead atoms. The monoisotopic (exact) mass is 406 g/mol. The maximum Gasteiger partial charge on any atom is 0.191 e. The molecular formula is C22H38N4OS. The number of hydrogen-bond donors (Lipinski definition) is 2. The highest BCUT2D eigenvalue weighted by molar-refractivity contribution is 7.86. The van der Waals surface area contributed by atoms with Crippen molar-refractivity contribution in [2.45, 2.75) is 64.3 Å². The summed E-state index contributed by atoms with van der Waals surface area (Å²) in [6, 6.07) is 11.6. The van der Waals surface area contributed by atoms with E-state index in [-0.39, 0.29) is 4.75 Å². The van der Waals surface area contributed by atoms with Crippen molar-refractivity contribution in [1.82, 2.24) is 15.5 Å². The first-order valence-electron chi connectivity index (χ1n) is 10.5. The third kappa shape index (κ3) is 7.21. The number of aliphatic imine (C=N–C) groups is 1. The van der Waals surface area contributed by atoms with Crippen LogP contribution in [0.25, 0.3) is 0 Å². The molecule has 1 aliphatic heterocycles. The van der Waals surface area contributed by atoms with E-state index < -0.39 is 10.8 Å². The molecule has 2 atom stereocenters. The maximum absolute atomic E-state index is 12.2. The average molecular weight is 407 g/mol. The van der Waals surface area contributed by atoms with E-state index in [1.807, 2.05) is 20.8 Å². The van der Waals surface area contributed by atoms with Crippen LogP contribution in [0, 0.1) is 0 Å². The summed E-state index contributed by atoms with van der Waals surface area (Å²) in [5.74, 6) is 1.45. The van der Waals surface area contributed by atoms with Crippen molar-refractivity contribution in [1.29, 1.82) is 0 Å². The van der Waals surface area contributed by atoms with E-state index in [4.69, 9.17) is 0 Å². The van der Waals surface area contributed by atoms with Crippen molar-refractivity contribution < 1.29 is 4.21 Å². The normalized spacial score (nSPS) is 19.2. The fraction of sp³-hybridized carbons (Fsp3) is 0.682. The Labute approximate surface area is 173 Å². The number of hydrogen-bond acceptors (Lipinski definition) is 3. The second-order valence-electron chi connectivity index (χ2n) is 8.46. The topological polar surface area (TPSA) is 56.7 Å². The van der Waals surface area contributed by atoms with E-state index in [0.29, 0.717) is 24.4 Å². The molecule has 2 unspecified atom stereocenters. The Kier molecular flexibility index (Phi) is 8.96. The predicted octanol–water partition coefficient (Wildman–Crippen LogP) is 3.31. The van der Waals surface area contributed by atoms with Crippen molar-refractivity contribution in [2.24, 2.45) is 4.99 Å². The summed E-state index contributed by atoms with van der Waals surface area (Å²) in [6.07, 6.45) is 2.21. The number of guanidine groups is 1. The molecule has 2 rings (SSSR count). The van der Waals surface area contributed by atoms with E-state index in [1.165, 1.54) is 5.56 Å². The van der Waals surface area contributed by atoms with Gasteiger partial charge >= 0.3 is 0 Å². The first kappa shape index (κ1) is 22.9. The summed E-state index contributed by atoms with van der Waals surface area (Å²) in [5.41, 5.74) is 1.38. The van der Waals surface area contributed by atoms with Gasteiger partial charge < -0.3 is 10.6 Å². The molecule has 158 valence electrons. The van der Waals surface area contributed by atoms with Gasteiger partial charge in [-0.2, -0.15) is 0 Å². The number of piperidine rings is 1. The minimum Gasteiger partial charge on any atom is -0.357 e. The van der Waals surface area contributed by atoms with E-state index in [0.717, 1.165) is 38.4 Å². The summed E-state index contributed by atoms with van der Waals surface area (Å²) >= 11 is 0. The van der Waals surface area contributed by atoms with Crippen LogP contribution in [0.5, 0.6) is 0 Å². The molecule has 1 saturated heterocycles. The molecule has 2 N–H and O–H groups in total. The minimum atomic E-state index is -0.862. The lowest BCUT2D eigenvalue weighted by molar-refractivity contribution is 0.158. The van der Waals surface area contributed by atoms with Crippen LogP contribution in [0.2, 0.25) is 0 Å². The van der Waals surface area contributed by atoms with Gasteiger partial charge in [-0.05, 0) is 53.0 Å². The summed E-state index contributed by atoms with van der Waals surface area (Å²) in [4.78, 5) is 7.21. The highest BCUT2D eigenvalue weighted by Gasteiger charge is 2.24. The van der Waals surface area contributed by atoms with Crippen molar-refractivity contribution >= 4 is 16.8 Å². The number of benzene rings is 1. The van der Waals surface area contributed by atoms with Gasteiger partial charge in [0.25, 0.3) is 0 Å². The molecule has 0 aliphatic carbocycles. The van der Waals surface area contributed by atoms with Gasteiger partial charge in [0.2, 0.25) is 0 Å². The second kappa shape index (κ2) is 11.0. The highest BCUT2D eigenvalue weighted by atomic mass is 32.2. The van der Waals surface area contributed by atoms with Gasteiger partial charge in [-0.25, -0.2) is 0 Å². The molecule has 0 amide bonds. The molecular weight excluding hydrogens is 368 g/mol. The molecule has 0 spiro atoms. The third-order valence-electron chi connectivity index (χ3n) is 5.27. The van der Waals surface area contributed by atoms with E-state index >= 15 is 0 Å². The first-order valence-corrected chi connectivity index (χ1v) is 11.9. The largest absolute Gasteiger partial charge is 0.357 e. The van der Waals surface area contributed by atoms with Crippen molar-refractivity contribution in [3.05, 3.63) is 35.9 Å². The van der Waals surface area contributed by atoms with Gasteiger partial charge in [0, 0.05) is 53.0 Å². The van der Waals surface area contributed by atoms with Crippen LogP contribution in [0.15, 0.2) is 35.3 Å². The highest BCUT2D eigenvalue weighted by Crippen LogP contribution is 2.23. The molecule has 1 heterocycles. The van der Waals surface area contributed by atoms with Crippen LogP contribution >= 0.6 is 0 Å². The summed E-state index contributed by atoms with van der Waals surface area (Å²) in [6.45, 7) is 14.0. The van der Waals surface area contributed by atoms with Crippen LogP contribution in [0.4, 0.5) is 0 Å². The van der Waals surface area contributed by atoms with E-state index in [2.05, 4.69) is 64.7 Å². The quantitative estimate of drug-likeness (QED) is 0.539. The summed E-state index contributed by atoms with van der Waals surface area (Å²) < 4.78 is 12.0. The Bertz CT molecular complexity index is 634. The number of likely N-dealkylation sites (tertiary alicyclic amines) is 1. The van der Waals surface area contributed by atoms with Gasteiger partial charge in [0.05, 0.1) is 6.54 Å². The third-order valence-corrected chi connectivity index (χ3v) is 7.19. The van der Waals surface area contributed by atoms with Gasteiger partial charge in [0.1, 0.15) is 0 Å². The molecule has 0 saturated carbocycles. The van der Waals surface area contributed by atoms with Crippen LogP contribution in [0.1, 0.15) is 59.1 Å². The van der Waals surface area contributed by atoms with Crippen LogP contribution in [0.3, 0.4) is 0 Å². The molecule has 1 fully saturated rings. The molecule has 0 aromatic heterocycles. The Balaban J connectivity index is 1.83. The Morgan fingerprint density at radius 3 is 2.46 bits per heavy atom. The van der Waals surface area contributed by atoms with Crippen molar-refractivity contribution in [3.63, 3.8) is 0 Å². The summed E-state index contributed by atoms with van der Waals surface area (Å²) in [7, 11) is -0.862. The van der Waals surface area contributed by atoms with Gasteiger partial charge in [-0.3, -0.25) is 14.1 Å². The van der Waals surface area contributed by atoms with Gasteiger partial charge in [-0.1, -0.05) is 30.3 Å². The predicted molar refractivity (Wildman–Crippen MR) is 121 cm³/mol. The smallest absolute Gasteiger partial charge is 0.191 e. The fourth-order valence-electron chi connectivity index (χ4n) is 3.43.